The minimum Gasteiger partial charge on any atom is -0.486 e. The number of hydrogen-bond acceptors (Lipinski definition) is 4. The van der Waals surface area contributed by atoms with E-state index >= 15 is 0 Å². The Morgan fingerprint density at radius 3 is 2.54 bits per heavy atom. The number of benzene rings is 1. The lowest BCUT2D eigenvalue weighted by Crippen LogP contribution is -2.49. The number of likely N-dealkylation sites (tertiary alicyclic amines) is 1. The molecule has 5 heteroatoms. The average Bonchev–Trinajstić information content (AvgIpc) is 2.70. The Hall–Kier alpha value is -1.75. The Bertz CT molecular complexity index is 607. The molecular formula is C21H30N2O3. The second-order valence-electron chi connectivity index (χ2n) is 7.92. The Morgan fingerprint density at radius 1 is 1.04 bits per heavy atom. The van der Waals surface area contributed by atoms with Gasteiger partial charge >= 0.3 is 0 Å². The van der Waals surface area contributed by atoms with E-state index in [-0.39, 0.29) is 12.0 Å². The van der Waals surface area contributed by atoms with E-state index in [1.807, 2.05) is 24.3 Å². The third kappa shape index (κ3) is 4.32. The van der Waals surface area contributed by atoms with E-state index < -0.39 is 0 Å². The monoisotopic (exact) mass is 358 g/mol. The van der Waals surface area contributed by atoms with Gasteiger partial charge in [0.2, 0.25) is 5.91 Å². The van der Waals surface area contributed by atoms with E-state index in [4.69, 9.17) is 9.47 Å². The van der Waals surface area contributed by atoms with Crippen LogP contribution in [0.2, 0.25) is 0 Å². The van der Waals surface area contributed by atoms with Crippen molar-refractivity contribution in [2.24, 2.45) is 5.92 Å². The molecule has 1 amide bonds. The summed E-state index contributed by atoms with van der Waals surface area (Å²) in [5.74, 6) is 2.24. The molecule has 1 unspecified atom stereocenters. The molecule has 2 heterocycles. The summed E-state index contributed by atoms with van der Waals surface area (Å²) in [4.78, 5) is 14.9. The largest absolute Gasteiger partial charge is 0.486 e. The van der Waals surface area contributed by atoms with E-state index in [0.717, 1.165) is 56.8 Å². The minimum atomic E-state index is 0.0817. The number of para-hydroxylation sites is 2. The predicted molar refractivity (Wildman–Crippen MR) is 101 cm³/mol. The first kappa shape index (κ1) is 17.7. The van der Waals surface area contributed by atoms with E-state index in [1.165, 1.54) is 19.3 Å². The fourth-order valence-corrected chi connectivity index (χ4v) is 4.38. The molecule has 26 heavy (non-hydrogen) atoms. The van der Waals surface area contributed by atoms with Crippen LogP contribution in [0.4, 0.5) is 0 Å². The molecule has 0 bridgehead atoms. The van der Waals surface area contributed by atoms with E-state index in [9.17, 15) is 4.79 Å². The van der Waals surface area contributed by atoms with Crippen molar-refractivity contribution in [2.75, 3.05) is 26.2 Å². The van der Waals surface area contributed by atoms with Gasteiger partial charge in [-0.25, -0.2) is 0 Å². The molecule has 1 saturated heterocycles. The molecule has 1 saturated carbocycles. The average molecular weight is 358 g/mol. The van der Waals surface area contributed by atoms with Crippen molar-refractivity contribution in [1.82, 2.24) is 10.2 Å². The predicted octanol–water partition coefficient (Wildman–Crippen LogP) is 2.99. The fourth-order valence-electron chi connectivity index (χ4n) is 4.38. The number of rotatable bonds is 4. The fraction of sp³-hybridized carbons (Fsp3) is 0.667. The van der Waals surface area contributed by atoms with Crippen LogP contribution in [0.25, 0.3) is 0 Å². The number of carbonyl (C=O) groups is 1. The number of hydrogen-bond donors (Lipinski definition) is 1. The molecule has 1 aliphatic carbocycles. The van der Waals surface area contributed by atoms with Crippen LogP contribution >= 0.6 is 0 Å². The normalized spacial score (nSPS) is 25.0. The standard InChI is InChI=1S/C21H30N2O3/c24-21(16-6-2-1-3-7-16)22-17-10-12-23(13-11-17)14-18-15-25-19-8-4-5-9-20(19)26-18/h4-5,8-9,16-18H,1-3,6-7,10-15H2,(H,22,24). The van der Waals surface area contributed by atoms with Crippen molar-refractivity contribution in [1.29, 1.82) is 0 Å². The van der Waals surface area contributed by atoms with Crippen molar-refractivity contribution in [3.8, 4) is 11.5 Å². The second-order valence-corrected chi connectivity index (χ2v) is 7.92. The second kappa shape index (κ2) is 8.30. The number of ether oxygens (including phenoxy) is 2. The van der Waals surface area contributed by atoms with Crippen molar-refractivity contribution in [2.45, 2.75) is 57.1 Å². The van der Waals surface area contributed by atoms with Gasteiger partial charge in [-0.3, -0.25) is 9.69 Å². The topological polar surface area (TPSA) is 50.8 Å². The Labute approximate surface area is 156 Å². The Kier molecular flexibility index (Phi) is 5.63. The zero-order valence-electron chi connectivity index (χ0n) is 15.5. The van der Waals surface area contributed by atoms with Gasteiger partial charge in [-0.1, -0.05) is 31.4 Å². The molecular weight excluding hydrogens is 328 g/mol. The van der Waals surface area contributed by atoms with Gasteiger partial charge in [0, 0.05) is 31.6 Å². The number of nitrogens with zero attached hydrogens (tertiary/aromatic N) is 1. The van der Waals surface area contributed by atoms with Gasteiger partial charge in [-0.15, -0.1) is 0 Å². The summed E-state index contributed by atoms with van der Waals surface area (Å²) >= 11 is 0. The number of amides is 1. The molecule has 1 aromatic rings. The van der Waals surface area contributed by atoms with Crippen LogP contribution in [0.15, 0.2) is 24.3 Å². The SMILES string of the molecule is O=C(NC1CCN(CC2COc3ccccc3O2)CC1)C1CCCCC1. The first-order chi connectivity index (χ1) is 12.8. The van der Waals surface area contributed by atoms with Gasteiger partial charge in [-0.2, -0.15) is 0 Å². The maximum atomic E-state index is 12.4. The summed E-state index contributed by atoms with van der Waals surface area (Å²) in [6.45, 7) is 3.52. The van der Waals surface area contributed by atoms with E-state index in [1.54, 1.807) is 0 Å². The molecule has 1 atom stereocenters. The molecule has 0 aromatic heterocycles. The van der Waals surface area contributed by atoms with Crippen LogP contribution in [-0.4, -0.2) is 49.2 Å². The molecule has 0 radical (unpaired) electrons. The molecule has 4 rings (SSSR count). The lowest BCUT2D eigenvalue weighted by Gasteiger charge is -2.36. The highest BCUT2D eigenvalue weighted by Crippen LogP contribution is 2.31. The van der Waals surface area contributed by atoms with Crippen molar-refractivity contribution in [3.63, 3.8) is 0 Å². The van der Waals surface area contributed by atoms with Crippen LogP contribution in [-0.2, 0) is 4.79 Å². The van der Waals surface area contributed by atoms with Crippen LogP contribution < -0.4 is 14.8 Å². The summed E-state index contributed by atoms with van der Waals surface area (Å²) in [5.41, 5.74) is 0. The van der Waals surface area contributed by atoms with Crippen molar-refractivity contribution in [3.05, 3.63) is 24.3 Å². The van der Waals surface area contributed by atoms with E-state index in [0.29, 0.717) is 18.6 Å². The summed E-state index contributed by atoms with van der Waals surface area (Å²) in [6, 6.07) is 8.20. The molecule has 1 aromatic carbocycles. The zero-order valence-corrected chi connectivity index (χ0v) is 15.5. The van der Waals surface area contributed by atoms with Gasteiger partial charge in [-0.05, 0) is 37.8 Å². The van der Waals surface area contributed by atoms with Gasteiger partial charge in [0.1, 0.15) is 12.7 Å². The molecule has 142 valence electrons. The molecule has 2 fully saturated rings. The highest BCUT2D eigenvalue weighted by atomic mass is 16.6. The summed E-state index contributed by atoms with van der Waals surface area (Å²) in [5, 5.41) is 3.30. The van der Waals surface area contributed by atoms with Crippen LogP contribution in [0.1, 0.15) is 44.9 Å². The maximum Gasteiger partial charge on any atom is 0.223 e. The summed E-state index contributed by atoms with van der Waals surface area (Å²) < 4.78 is 11.9. The summed E-state index contributed by atoms with van der Waals surface area (Å²) in [7, 11) is 0. The van der Waals surface area contributed by atoms with Gasteiger partial charge in [0.05, 0.1) is 0 Å². The first-order valence-corrected chi connectivity index (χ1v) is 10.2. The summed E-state index contributed by atoms with van der Waals surface area (Å²) in [6.07, 6.45) is 8.01. The number of piperidine rings is 1. The lowest BCUT2D eigenvalue weighted by molar-refractivity contribution is -0.127. The highest BCUT2D eigenvalue weighted by molar-refractivity contribution is 5.79. The van der Waals surface area contributed by atoms with Crippen LogP contribution in [0.5, 0.6) is 11.5 Å². The minimum absolute atomic E-state index is 0.0817. The molecule has 1 N–H and O–H groups in total. The molecule has 2 aliphatic heterocycles. The number of nitrogens with one attached hydrogen (secondary N) is 1. The third-order valence-electron chi connectivity index (χ3n) is 5.94. The van der Waals surface area contributed by atoms with E-state index in [2.05, 4.69) is 10.2 Å². The van der Waals surface area contributed by atoms with Crippen molar-refractivity contribution >= 4 is 5.91 Å². The zero-order chi connectivity index (χ0) is 17.8. The lowest BCUT2D eigenvalue weighted by atomic mass is 9.88. The third-order valence-corrected chi connectivity index (χ3v) is 5.94. The van der Waals surface area contributed by atoms with Crippen LogP contribution in [0.3, 0.4) is 0 Å². The van der Waals surface area contributed by atoms with Crippen LogP contribution in [0, 0.1) is 5.92 Å². The Morgan fingerprint density at radius 2 is 1.77 bits per heavy atom. The van der Waals surface area contributed by atoms with Gasteiger partial charge in [0.25, 0.3) is 0 Å². The quantitative estimate of drug-likeness (QED) is 0.899. The van der Waals surface area contributed by atoms with Gasteiger partial charge in [0.15, 0.2) is 11.5 Å². The smallest absolute Gasteiger partial charge is 0.223 e. The maximum absolute atomic E-state index is 12.4. The van der Waals surface area contributed by atoms with Gasteiger partial charge < -0.3 is 14.8 Å². The molecule has 5 nitrogen and oxygen atoms in total. The van der Waals surface area contributed by atoms with Crippen molar-refractivity contribution < 1.29 is 14.3 Å². The Balaban J connectivity index is 1.20. The highest BCUT2D eigenvalue weighted by Gasteiger charge is 2.28. The molecule has 3 aliphatic rings. The molecule has 0 spiro atoms. The number of fused-ring (bicyclic) bond motifs is 1. The first-order valence-electron chi connectivity index (χ1n) is 10.2. The number of carbonyl (C=O) groups excluding carboxylic acids is 1.